The number of benzene rings is 1. The fraction of sp³-hybridized carbons (Fsp3) is 0.591. The van der Waals surface area contributed by atoms with E-state index in [0.29, 0.717) is 17.7 Å². The van der Waals surface area contributed by atoms with E-state index in [-0.39, 0.29) is 18.5 Å². The van der Waals surface area contributed by atoms with E-state index in [9.17, 15) is 14.4 Å². The van der Waals surface area contributed by atoms with Crippen molar-refractivity contribution in [2.24, 2.45) is 0 Å². The number of nitrogens with one attached hydrogen (secondary N) is 2. The molecule has 0 aromatic heterocycles. The van der Waals surface area contributed by atoms with Crippen molar-refractivity contribution in [1.82, 2.24) is 15.5 Å². The van der Waals surface area contributed by atoms with Crippen LogP contribution in [0.3, 0.4) is 0 Å². The largest absolute Gasteiger partial charge is 0.497 e. The molecular formula is C22H33N3O4. The van der Waals surface area contributed by atoms with Crippen molar-refractivity contribution in [2.75, 3.05) is 13.7 Å². The quantitative estimate of drug-likeness (QED) is 0.438. The number of hydrogen-bond acceptors (Lipinski definition) is 4. The zero-order valence-electron chi connectivity index (χ0n) is 17.9. The van der Waals surface area contributed by atoms with E-state index in [4.69, 9.17) is 4.74 Å². The van der Waals surface area contributed by atoms with Gasteiger partial charge in [0.2, 0.25) is 5.91 Å². The topological polar surface area (TPSA) is 87.7 Å². The predicted molar refractivity (Wildman–Crippen MR) is 112 cm³/mol. The summed E-state index contributed by atoms with van der Waals surface area (Å²) in [6.45, 7) is 5.67. The molecule has 1 fully saturated rings. The molecule has 1 heterocycles. The first kappa shape index (κ1) is 22.7. The highest BCUT2D eigenvalue weighted by molar-refractivity contribution is 6.09. The van der Waals surface area contributed by atoms with Gasteiger partial charge in [0.15, 0.2) is 0 Å². The SMILES string of the molecule is CCCCCC[C@H](C)NC(=O)CN1C(=O)N[C@](CC)(c2ccc(OC)cc2)C1=O. The summed E-state index contributed by atoms with van der Waals surface area (Å²) in [6, 6.07) is 6.50. The first-order valence-electron chi connectivity index (χ1n) is 10.5. The predicted octanol–water partition coefficient (Wildman–Crippen LogP) is 3.33. The van der Waals surface area contributed by atoms with E-state index < -0.39 is 17.5 Å². The van der Waals surface area contributed by atoms with Crippen LogP contribution in [0.1, 0.15) is 64.9 Å². The molecule has 7 nitrogen and oxygen atoms in total. The zero-order valence-corrected chi connectivity index (χ0v) is 17.9. The molecule has 1 aromatic carbocycles. The molecule has 1 aliphatic rings. The molecule has 0 spiro atoms. The summed E-state index contributed by atoms with van der Waals surface area (Å²) in [5, 5.41) is 5.69. The van der Waals surface area contributed by atoms with Crippen LogP contribution in [0, 0.1) is 0 Å². The summed E-state index contributed by atoms with van der Waals surface area (Å²) < 4.78 is 5.16. The molecule has 29 heavy (non-hydrogen) atoms. The van der Waals surface area contributed by atoms with E-state index in [1.54, 1.807) is 31.4 Å². The molecule has 1 saturated heterocycles. The Hall–Kier alpha value is -2.57. The Kier molecular flexibility index (Phi) is 8.05. The number of ether oxygens (including phenoxy) is 1. The van der Waals surface area contributed by atoms with E-state index in [1.165, 1.54) is 12.8 Å². The number of urea groups is 1. The van der Waals surface area contributed by atoms with Crippen LogP contribution in [0.15, 0.2) is 24.3 Å². The van der Waals surface area contributed by atoms with E-state index >= 15 is 0 Å². The Morgan fingerprint density at radius 1 is 1.17 bits per heavy atom. The number of amides is 4. The number of rotatable bonds is 11. The highest BCUT2D eigenvalue weighted by Gasteiger charge is 2.51. The lowest BCUT2D eigenvalue weighted by atomic mass is 9.87. The van der Waals surface area contributed by atoms with Crippen LogP contribution in [0.4, 0.5) is 4.79 Å². The second-order valence-electron chi connectivity index (χ2n) is 7.63. The first-order valence-corrected chi connectivity index (χ1v) is 10.5. The minimum Gasteiger partial charge on any atom is -0.497 e. The molecule has 0 saturated carbocycles. The van der Waals surface area contributed by atoms with Crippen molar-refractivity contribution in [3.05, 3.63) is 29.8 Å². The molecule has 4 amide bonds. The number of hydrogen-bond donors (Lipinski definition) is 2. The third-order valence-electron chi connectivity index (χ3n) is 5.49. The molecular weight excluding hydrogens is 370 g/mol. The Bertz CT molecular complexity index is 719. The molecule has 2 rings (SSSR count). The Balaban J connectivity index is 2.02. The summed E-state index contributed by atoms with van der Waals surface area (Å²) in [5.74, 6) is -0.0556. The van der Waals surface area contributed by atoms with Gasteiger partial charge in [0.05, 0.1) is 7.11 Å². The minimum absolute atomic E-state index is 0.0117. The zero-order chi connectivity index (χ0) is 21.4. The molecule has 160 valence electrons. The highest BCUT2D eigenvalue weighted by atomic mass is 16.5. The molecule has 0 radical (unpaired) electrons. The number of methoxy groups -OCH3 is 1. The van der Waals surface area contributed by atoms with Gasteiger partial charge in [0, 0.05) is 6.04 Å². The van der Waals surface area contributed by atoms with Crippen LogP contribution in [0.5, 0.6) is 5.75 Å². The van der Waals surface area contributed by atoms with E-state index in [2.05, 4.69) is 17.6 Å². The Morgan fingerprint density at radius 3 is 2.45 bits per heavy atom. The molecule has 7 heteroatoms. The minimum atomic E-state index is -1.16. The summed E-state index contributed by atoms with van der Waals surface area (Å²) in [5.41, 5.74) is -0.485. The van der Waals surface area contributed by atoms with Crippen LogP contribution < -0.4 is 15.4 Å². The van der Waals surface area contributed by atoms with Gasteiger partial charge in [-0.3, -0.25) is 14.5 Å². The van der Waals surface area contributed by atoms with Gasteiger partial charge in [0.1, 0.15) is 17.8 Å². The lowest BCUT2D eigenvalue weighted by Gasteiger charge is -2.26. The summed E-state index contributed by atoms with van der Waals surface area (Å²) in [6.07, 6.45) is 5.82. The van der Waals surface area contributed by atoms with Crippen molar-refractivity contribution in [3.8, 4) is 5.75 Å². The maximum atomic E-state index is 13.1. The van der Waals surface area contributed by atoms with E-state index in [0.717, 1.165) is 24.2 Å². The number of unbranched alkanes of at least 4 members (excludes halogenated alkanes) is 3. The average molecular weight is 404 g/mol. The second-order valence-corrected chi connectivity index (χ2v) is 7.63. The molecule has 0 unspecified atom stereocenters. The molecule has 2 N–H and O–H groups in total. The van der Waals surface area contributed by atoms with Crippen molar-refractivity contribution in [1.29, 1.82) is 0 Å². The van der Waals surface area contributed by atoms with Crippen molar-refractivity contribution in [2.45, 2.75) is 70.9 Å². The van der Waals surface area contributed by atoms with Crippen molar-refractivity contribution >= 4 is 17.8 Å². The van der Waals surface area contributed by atoms with E-state index in [1.807, 2.05) is 13.8 Å². The van der Waals surface area contributed by atoms with Gasteiger partial charge >= 0.3 is 6.03 Å². The molecule has 2 atom stereocenters. The maximum absolute atomic E-state index is 13.1. The van der Waals surface area contributed by atoms with Crippen molar-refractivity contribution < 1.29 is 19.1 Å². The Labute approximate surface area is 173 Å². The Morgan fingerprint density at radius 2 is 1.86 bits per heavy atom. The monoisotopic (exact) mass is 403 g/mol. The summed E-state index contributed by atoms with van der Waals surface area (Å²) in [4.78, 5) is 39.0. The molecule has 1 aromatic rings. The van der Waals surface area contributed by atoms with Crippen LogP contribution in [-0.4, -0.2) is 42.4 Å². The lowest BCUT2D eigenvalue weighted by Crippen LogP contribution is -2.45. The van der Waals surface area contributed by atoms with Gasteiger partial charge in [-0.2, -0.15) is 0 Å². The standard InChI is InChI=1S/C22H33N3O4/c1-5-7-8-9-10-16(3)23-19(26)15-25-20(27)22(6-2,24-21(25)28)17-11-13-18(29-4)14-12-17/h11-14,16H,5-10,15H2,1-4H3,(H,23,26)(H,24,28)/t16-,22+/m0/s1. The fourth-order valence-electron chi connectivity index (χ4n) is 3.70. The summed E-state index contributed by atoms with van der Waals surface area (Å²) >= 11 is 0. The lowest BCUT2D eigenvalue weighted by molar-refractivity contribution is -0.135. The van der Waals surface area contributed by atoms with Gasteiger partial charge in [-0.1, -0.05) is 51.7 Å². The fourth-order valence-corrected chi connectivity index (χ4v) is 3.70. The number of nitrogens with zero attached hydrogens (tertiary/aromatic N) is 1. The third kappa shape index (κ3) is 5.28. The molecule has 1 aliphatic heterocycles. The molecule has 0 aliphatic carbocycles. The van der Waals surface area contributed by atoms with Crippen LogP contribution in [-0.2, 0) is 15.1 Å². The van der Waals surface area contributed by atoms with Gasteiger partial charge in [-0.15, -0.1) is 0 Å². The number of carbonyl (C=O) groups is 3. The van der Waals surface area contributed by atoms with Gasteiger partial charge in [-0.05, 0) is 37.5 Å². The normalized spacial score (nSPS) is 19.8. The molecule has 0 bridgehead atoms. The number of imide groups is 1. The average Bonchev–Trinajstić information content (AvgIpc) is 2.96. The van der Waals surface area contributed by atoms with Crippen molar-refractivity contribution in [3.63, 3.8) is 0 Å². The number of carbonyl (C=O) groups excluding carboxylic acids is 3. The van der Waals surface area contributed by atoms with Crippen LogP contribution in [0.2, 0.25) is 0 Å². The second kappa shape index (κ2) is 10.3. The highest BCUT2D eigenvalue weighted by Crippen LogP contribution is 2.33. The third-order valence-corrected chi connectivity index (χ3v) is 5.49. The van der Waals surface area contributed by atoms with Crippen LogP contribution in [0.25, 0.3) is 0 Å². The van der Waals surface area contributed by atoms with Gasteiger partial charge < -0.3 is 15.4 Å². The van der Waals surface area contributed by atoms with Gasteiger partial charge in [0.25, 0.3) is 5.91 Å². The smallest absolute Gasteiger partial charge is 0.325 e. The van der Waals surface area contributed by atoms with Gasteiger partial charge in [-0.25, -0.2) is 4.79 Å². The summed E-state index contributed by atoms with van der Waals surface area (Å²) in [7, 11) is 1.57. The maximum Gasteiger partial charge on any atom is 0.325 e. The van der Waals surface area contributed by atoms with Crippen LogP contribution >= 0.6 is 0 Å². The first-order chi connectivity index (χ1) is 13.9.